The second-order valence-corrected chi connectivity index (χ2v) is 5.98. The van der Waals surface area contributed by atoms with Gasteiger partial charge < -0.3 is 25.0 Å². The van der Waals surface area contributed by atoms with Gasteiger partial charge >= 0.3 is 0 Å². The van der Waals surface area contributed by atoms with Crippen LogP contribution >= 0.6 is 0 Å². The quantitative estimate of drug-likeness (QED) is 0.356. The van der Waals surface area contributed by atoms with Crippen LogP contribution in [0, 0.1) is 5.92 Å². The topological polar surface area (TPSA) is 71.0 Å². The molecule has 134 valence electrons. The summed E-state index contributed by atoms with van der Waals surface area (Å²) in [6, 6.07) is 0.571. The standard InChI is InChI=1S/C18H33NO4/c1-2-19-18-5-3-16(4-6-18)15-17(7-11-22-13-9-20)8-12-23-14-10-21/h2,15-16,18-21H,1,3-14H2. The van der Waals surface area contributed by atoms with E-state index in [2.05, 4.69) is 18.0 Å². The van der Waals surface area contributed by atoms with Crippen molar-refractivity contribution >= 4 is 0 Å². The van der Waals surface area contributed by atoms with Crippen molar-refractivity contribution in [3.8, 4) is 0 Å². The van der Waals surface area contributed by atoms with Crippen molar-refractivity contribution in [3.63, 3.8) is 0 Å². The Morgan fingerprint density at radius 2 is 1.52 bits per heavy atom. The molecule has 0 aromatic heterocycles. The van der Waals surface area contributed by atoms with Crippen LogP contribution in [0.4, 0.5) is 0 Å². The first kappa shape index (κ1) is 20.2. The molecule has 0 aliphatic heterocycles. The second kappa shape index (κ2) is 13.5. The van der Waals surface area contributed by atoms with Crippen molar-refractivity contribution < 1.29 is 19.7 Å². The predicted octanol–water partition coefficient (Wildman–Crippen LogP) is 2.00. The number of aliphatic hydroxyl groups is 2. The molecule has 5 nitrogen and oxygen atoms in total. The number of aliphatic hydroxyl groups excluding tert-OH is 2. The average molecular weight is 327 g/mol. The Bertz CT molecular complexity index is 311. The first-order valence-corrected chi connectivity index (χ1v) is 8.73. The van der Waals surface area contributed by atoms with Crippen LogP contribution in [0.5, 0.6) is 0 Å². The summed E-state index contributed by atoms with van der Waals surface area (Å²) < 4.78 is 10.8. The van der Waals surface area contributed by atoms with Crippen LogP contribution in [-0.4, -0.2) is 55.9 Å². The molecule has 0 heterocycles. The maximum absolute atomic E-state index is 8.77. The molecule has 0 atom stereocenters. The van der Waals surface area contributed by atoms with Gasteiger partial charge in [0.1, 0.15) is 0 Å². The van der Waals surface area contributed by atoms with E-state index >= 15 is 0 Å². The molecule has 5 heteroatoms. The van der Waals surface area contributed by atoms with E-state index in [1.165, 1.54) is 31.3 Å². The molecular weight excluding hydrogens is 294 g/mol. The van der Waals surface area contributed by atoms with Crippen LogP contribution in [0.2, 0.25) is 0 Å². The molecular formula is C18H33NO4. The van der Waals surface area contributed by atoms with Crippen LogP contribution in [0.15, 0.2) is 24.4 Å². The van der Waals surface area contributed by atoms with Gasteiger partial charge in [0.05, 0.1) is 39.6 Å². The molecule has 1 aliphatic carbocycles. The summed E-state index contributed by atoms with van der Waals surface area (Å²) in [4.78, 5) is 0. The van der Waals surface area contributed by atoms with Crippen molar-refractivity contribution in [1.82, 2.24) is 5.32 Å². The van der Waals surface area contributed by atoms with Gasteiger partial charge in [0.2, 0.25) is 0 Å². The van der Waals surface area contributed by atoms with Gasteiger partial charge in [-0.2, -0.15) is 0 Å². The first-order chi connectivity index (χ1) is 11.3. The molecule has 0 aromatic rings. The van der Waals surface area contributed by atoms with E-state index in [0.717, 1.165) is 12.8 Å². The summed E-state index contributed by atoms with van der Waals surface area (Å²) in [5.41, 5.74) is 1.36. The van der Waals surface area contributed by atoms with Gasteiger partial charge in [0, 0.05) is 6.04 Å². The highest BCUT2D eigenvalue weighted by Crippen LogP contribution is 2.27. The minimum absolute atomic E-state index is 0.0684. The van der Waals surface area contributed by atoms with Crippen molar-refractivity contribution in [2.75, 3.05) is 39.6 Å². The highest BCUT2D eigenvalue weighted by Gasteiger charge is 2.19. The van der Waals surface area contributed by atoms with Gasteiger partial charge in [-0.3, -0.25) is 0 Å². The van der Waals surface area contributed by atoms with Crippen LogP contribution < -0.4 is 5.32 Å². The van der Waals surface area contributed by atoms with E-state index in [-0.39, 0.29) is 13.2 Å². The minimum atomic E-state index is 0.0684. The van der Waals surface area contributed by atoms with E-state index < -0.39 is 0 Å². The fourth-order valence-electron chi connectivity index (χ4n) is 2.98. The Balaban J connectivity index is 2.40. The van der Waals surface area contributed by atoms with Gasteiger partial charge in [-0.25, -0.2) is 0 Å². The summed E-state index contributed by atoms with van der Waals surface area (Å²) in [6.45, 7) is 5.94. The lowest BCUT2D eigenvalue weighted by Gasteiger charge is -2.27. The second-order valence-electron chi connectivity index (χ2n) is 5.98. The predicted molar refractivity (Wildman–Crippen MR) is 92.2 cm³/mol. The molecule has 3 N–H and O–H groups in total. The van der Waals surface area contributed by atoms with Gasteiger partial charge in [0.15, 0.2) is 0 Å². The van der Waals surface area contributed by atoms with Crippen LogP contribution in [0.1, 0.15) is 38.5 Å². The molecule has 0 bridgehead atoms. The van der Waals surface area contributed by atoms with Crippen molar-refractivity contribution in [1.29, 1.82) is 0 Å². The van der Waals surface area contributed by atoms with Crippen LogP contribution in [-0.2, 0) is 9.47 Å². The molecule has 1 saturated carbocycles. The maximum atomic E-state index is 8.77. The zero-order chi connectivity index (χ0) is 16.8. The molecule has 23 heavy (non-hydrogen) atoms. The van der Waals surface area contributed by atoms with Gasteiger partial charge in [0.25, 0.3) is 0 Å². The monoisotopic (exact) mass is 327 g/mol. The normalized spacial score (nSPS) is 21.0. The lowest BCUT2D eigenvalue weighted by atomic mass is 9.84. The number of rotatable bonds is 13. The molecule has 0 unspecified atom stereocenters. The highest BCUT2D eigenvalue weighted by atomic mass is 16.5. The number of nitrogens with one attached hydrogen (secondary N) is 1. The van der Waals surface area contributed by atoms with E-state index in [0.29, 0.717) is 38.4 Å². The smallest absolute Gasteiger partial charge is 0.0697 e. The SMILES string of the molecule is C=CNC1CCC(C=C(CCOCCO)CCOCCO)CC1. The lowest BCUT2D eigenvalue weighted by molar-refractivity contribution is 0.0867. The largest absolute Gasteiger partial charge is 0.394 e. The van der Waals surface area contributed by atoms with Crippen molar-refractivity contribution in [2.24, 2.45) is 5.92 Å². The van der Waals surface area contributed by atoms with E-state index in [4.69, 9.17) is 19.7 Å². The van der Waals surface area contributed by atoms with Crippen LogP contribution in [0.3, 0.4) is 0 Å². The third-order valence-corrected chi connectivity index (χ3v) is 4.20. The van der Waals surface area contributed by atoms with E-state index in [1.54, 1.807) is 6.20 Å². The third kappa shape index (κ3) is 9.76. The Morgan fingerprint density at radius 3 is 2.00 bits per heavy atom. The molecule has 0 radical (unpaired) electrons. The van der Waals surface area contributed by atoms with Crippen molar-refractivity contribution in [2.45, 2.75) is 44.6 Å². The maximum Gasteiger partial charge on any atom is 0.0697 e. The fraction of sp³-hybridized carbons (Fsp3) is 0.778. The van der Waals surface area contributed by atoms with Gasteiger partial charge in [-0.15, -0.1) is 0 Å². The lowest BCUT2D eigenvalue weighted by Crippen LogP contribution is -2.29. The number of hydrogen-bond donors (Lipinski definition) is 3. The minimum Gasteiger partial charge on any atom is -0.394 e. The summed E-state index contributed by atoms with van der Waals surface area (Å²) in [5.74, 6) is 0.628. The molecule has 0 spiro atoms. The molecule has 1 rings (SSSR count). The molecule has 0 aromatic carbocycles. The van der Waals surface area contributed by atoms with Crippen molar-refractivity contribution in [3.05, 3.63) is 24.4 Å². The zero-order valence-electron chi connectivity index (χ0n) is 14.2. The number of hydrogen-bond acceptors (Lipinski definition) is 5. The number of allylic oxidation sites excluding steroid dienone is 1. The Kier molecular flexibility index (Phi) is 11.9. The summed E-state index contributed by atoms with van der Waals surface area (Å²) in [5, 5.41) is 20.8. The van der Waals surface area contributed by atoms with E-state index in [1.807, 2.05) is 0 Å². The zero-order valence-corrected chi connectivity index (χ0v) is 14.2. The summed E-state index contributed by atoms with van der Waals surface area (Å²) in [6.07, 6.45) is 10.7. The average Bonchev–Trinajstić information content (AvgIpc) is 2.57. The molecule has 1 fully saturated rings. The summed E-state index contributed by atoms with van der Waals surface area (Å²) >= 11 is 0. The Labute approximate surface area is 140 Å². The summed E-state index contributed by atoms with van der Waals surface area (Å²) in [7, 11) is 0. The first-order valence-electron chi connectivity index (χ1n) is 8.73. The molecule has 0 amide bonds. The molecule has 1 aliphatic rings. The Hall–Kier alpha value is -0.880. The fourth-order valence-corrected chi connectivity index (χ4v) is 2.98. The molecule has 0 saturated heterocycles. The van der Waals surface area contributed by atoms with Gasteiger partial charge in [-0.05, 0) is 50.6 Å². The highest BCUT2D eigenvalue weighted by molar-refractivity contribution is 5.06. The number of ether oxygens (including phenoxy) is 2. The third-order valence-electron chi connectivity index (χ3n) is 4.20. The van der Waals surface area contributed by atoms with E-state index in [9.17, 15) is 0 Å². The van der Waals surface area contributed by atoms with Crippen LogP contribution in [0.25, 0.3) is 0 Å². The van der Waals surface area contributed by atoms with Gasteiger partial charge in [-0.1, -0.05) is 18.2 Å². The Morgan fingerprint density at radius 1 is 0.957 bits per heavy atom.